The summed E-state index contributed by atoms with van der Waals surface area (Å²) < 4.78 is 0.861. The average Bonchev–Trinajstić information content (AvgIpc) is 2.15. The first-order valence-corrected chi connectivity index (χ1v) is 4.96. The fraction of sp³-hybridized carbons (Fsp3) is 0.111. The van der Waals surface area contributed by atoms with Gasteiger partial charge in [-0.2, -0.15) is 0 Å². The molecule has 3 amide bonds. The number of benzene rings is 1. The Labute approximate surface area is 95.3 Å². The molecule has 0 unspecified atom stereocenters. The summed E-state index contributed by atoms with van der Waals surface area (Å²) in [6, 6.07) is 6.61. The van der Waals surface area contributed by atoms with Gasteiger partial charge in [0.25, 0.3) is 0 Å². The molecular weight excluding hydrogens is 262 g/mol. The lowest BCUT2D eigenvalue weighted by atomic mass is 10.3. The Morgan fingerprint density at radius 2 is 2.00 bits per heavy atom. The summed E-state index contributed by atoms with van der Waals surface area (Å²) in [6.45, 7) is 1.30. The number of carbonyl (C=O) groups excluding carboxylic acids is 2. The minimum Gasteiger partial charge on any atom is -0.307 e. The molecule has 0 spiro atoms. The van der Waals surface area contributed by atoms with Gasteiger partial charge in [-0.15, -0.1) is 0 Å². The summed E-state index contributed by atoms with van der Waals surface area (Å²) in [5.74, 6) is -0.334. The van der Waals surface area contributed by atoms with Crippen molar-refractivity contribution in [2.45, 2.75) is 6.92 Å². The van der Waals surface area contributed by atoms with Crippen LogP contribution in [0.25, 0.3) is 0 Å². The quantitative estimate of drug-likeness (QED) is 0.680. The average molecular weight is 272 g/mol. The van der Waals surface area contributed by atoms with E-state index in [0.717, 1.165) is 4.47 Å². The molecular formula is C9H10BrN3O2. The van der Waals surface area contributed by atoms with Gasteiger partial charge in [-0.1, -0.05) is 22.0 Å². The molecule has 0 aromatic heterocycles. The van der Waals surface area contributed by atoms with Gasteiger partial charge in [-0.25, -0.2) is 10.2 Å². The molecule has 80 valence electrons. The van der Waals surface area contributed by atoms with Crippen LogP contribution in [0.2, 0.25) is 0 Å². The summed E-state index contributed by atoms with van der Waals surface area (Å²) in [5, 5.41) is 2.54. The fourth-order valence-electron chi connectivity index (χ4n) is 0.873. The predicted octanol–water partition coefficient (Wildman–Crippen LogP) is 1.62. The van der Waals surface area contributed by atoms with Crippen molar-refractivity contribution < 1.29 is 9.59 Å². The van der Waals surface area contributed by atoms with Gasteiger partial charge in [0.05, 0.1) is 0 Å². The second-order valence-corrected chi connectivity index (χ2v) is 3.69. The third-order valence-electron chi connectivity index (χ3n) is 1.43. The molecule has 1 aromatic carbocycles. The smallest absolute Gasteiger partial charge is 0.307 e. The minimum absolute atomic E-state index is 0.334. The number of hydrogen-bond donors (Lipinski definition) is 3. The first kappa shape index (κ1) is 11.5. The molecule has 1 rings (SSSR count). The second-order valence-electron chi connectivity index (χ2n) is 2.77. The topological polar surface area (TPSA) is 70.2 Å². The standard InChI is InChI=1S/C9H10BrN3O2/c1-6(14)12-13-9(15)11-8-4-2-3-7(10)5-8/h2-5H,1H3,(H,12,14)(H2,11,13,15). The van der Waals surface area contributed by atoms with Crippen LogP contribution in [0.1, 0.15) is 6.92 Å². The van der Waals surface area contributed by atoms with E-state index in [4.69, 9.17) is 0 Å². The normalized spacial score (nSPS) is 9.20. The molecule has 15 heavy (non-hydrogen) atoms. The summed E-state index contributed by atoms with van der Waals surface area (Å²) in [5.41, 5.74) is 4.98. The Morgan fingerprint density at radius 1 is 1.27 bits per heavy atom. The van der Waals surface area contributed by atoms with E-state index in [2.05, 4.69) is 32.1 Å². The third kappa shape index (κ3) is 4.46. The summed E-state index contributed by atoms with van der Waals surface area (Å²) in [7, 11) is 0. The van der Waals surface area contributed by atoms with Gasteiger partial charge < -0.3 is 5.32 Å². The Kier molecular flexibility index (Phi) is 4.11. The molecule has 6 heteroatoms. The third-order valence-corrected chi connectivity index (χ3v) is 1.93. The van der Waals surface area contributed by atoms with E-state index in [9.17, 15) is 9.59 Å². The highest BCUT2D eigenvalue weighted by atomic mass is 79.9. The van der Waals surface area contributed by atoms with E-state index in [-0.39, 0.29) is 5.91 Å². The van der Waals surface area contributed by atoms with Gasteiger partial charge >= 0.3 is 6.03 Å². The fourth-order valence-corrected chi connectivity index (χ4v) is 1.27. The molecule has 0 fully saturated rings. The summed E-state index contributed by atoms with van der Waals surface area (Å²) in [4.78, 5) is 21.7. The molecule has 5 nitrogen and oxygen atoms in total. The number of urea groups is 1. The van der Waals surface area contributed by atoms with Crippen molar-refractivity contribution in [1.29, 1.82) is 0 Å². The molecule has 0 atom stereocenters. The van der Waals surface area contributed by atoms with Gasteiger partial charge in [-0.05, 0) is 18.2 Å². The largest absolute Gasteiger partial charge is 0.337 e. The molecule has 0 aliphatic rings. The number of anilines is 1. The van der Waals surface area contributed by atoms with Crippen LogP contribution in [0.3, 0.4) is 0 Å². The Morgan fingerprint density at radius 3 is 2.60 bits per heavy atom. The van der Waals surface area contributed by atoms with Gasteiger partial charge in [-0.3, -0.25) is 10.2 Å². The van der Waals surface area contributed by atoms with Crippen molar-refractivity contribution in [2.75, 3.05) is 5.32 Å². The molecule has 0 saturated carbocycles. The molecule has 0 saturated heterocycles. The zero-order valence-electron chi connectivity index (χ0n) is 8.00. The van der Waals surface area contributed by atoms with E-state index in [0.29, 0.717) is 5.69 Å². The Bertz CT molecular complexity index is 381. The maximum Gasteiger partial charge on any atom is 0.337 e. The maximum absolute atomic E-state index is 11.2. The Balaban J connectivity index is 2.48. The first-order chi connectivity index (χ1) is 7.08. The maximum atomic E-state index is 11.2. The van der Waals surface area contributed by atoms with E-state index >= 15 is 0 Å². The molecule has 0 aliphatic carbocycles. The minimum atomic E-state index is -0.497. The predicted molar refractivity (Wildman–Crippen MR) is 60.1 cm³/mol. The number of amides is 3. The highest BCUT2D eigenvalue weighted by molar-refractivity contribution is 9.10. The summed E-state index contributed by atoms with van der Waals surface area (Å²) >= 11 is 3.27. The van der Waals surface area contributed by atoms with Gasteiger partial charge in [0.15, 0.2) is 0 Å². The van der Waals surface area contributed by atoms with Crippen molar-refractivity contribution in [3.63, 3.8) is 0 Å². The van der Waals surface area contributed by atoms with Crippen LogP contribution in [0, 0.1) is 0 Å². The molecule has 0 radical (unpaired) electrons. The molecule has 0 heterocycles. The van der Waals surface area contributed by atoms with Crippen molar-refractivity contribution in [1.82, 2.24) is 10.9 Å². The van der Waals surface area contributed by atoms with Crippen LogP contribution in [0.4, 0.5) is 10.5 Å². The van der Waals surface area contributed by atoms with Crippen molar-refractivity contribution in [2.24, 2.45) is 0 Å². The first-order valence-electron chi connectivity index (χ1n) is 4.17. The molecule has 0 bridgehead atoms. The SMILES string of the molecule is CC(=O)NNC(=O)Nc1cccc(Br)c1. The lowest BCUT2D eigenvalue weighted by Gasteiger charge is -2.07. The number of nitrogens with one attached hydrogen (secondary N) is 3. The molecule has 1 aromatic rings. The highest BCUT2D eigenvalue weighted by Gasteiger charge is 2.01. The van der Waals surface area contributed by atoms with Gasteiger partial charge in [0.1, 0.15) is 0 Å². The lowest BCUT2D eigenvalue weighted by molar-refractivity contribution is -0.119. The second kappa shape index (κ2) is 5.35. The highest BCUT2D eigenvalue weighted by Crippen LogP contribution is 2.15. The Hall–Kier alpha value is -1.56. The number of rotatable bonds is 1. The van der Waals surface area contributed by atoms with Crippen molar-refractivity contribution in [3.8, 4) is 0 Å². The van der Waals surface area contributed by atoms with E-state index in [1.807, 2.05) is 6.07 Å². The van der Waals surface area contributed by atoms with E-state index in [1.165, 1.54) is 6.92 Å². The van der Waals surface area contributed by atoms with Crippen LogP contribution >= 0.6 is 15.9 Å². The number of carbonyl (C=O) groups is 2. The van der Waals surface area contributed by atoms with Crippen LogP contribution in [0.5, 0.6) is 0 Å². The van der Waals surface area contributed by atoms with Gasteiger partial charge in [0.2, 0.25) is 5.91 Å². The molecule has 0 aliphatic heterocycles. The van der Waals surface area contributed by atoms with Crippen LogP contribution in [-0.2, 0) is 4.79 Å². The zero-order valence-corrected chi connectivity index (χ0v) is 9.59. The number of halogens is 1. The van der Waals surface area contributed by atoms with Crippen LogP contribution < -0.4 is 16.2 Å². The number of hydrazine groups is 1. The zero-order chi connectivity index (χ0) is 11.3. The number of hydrogen-bond acceptors (Lipinski definition) is 2. The summed E-state index contributed by atoms with van der Waals surface area (Å²) in [6.07, 6.45) is 0. The monoisotopic (exact) mass is 271 g/mol. The molecule has 3 N–H and O–H groups in total. The van der Waals surface area contributed by atoms with E-state index in [1.54, 1.807) is 18.2 Å². The van der Waals surface area contributed by atoms with Crippen molar-refractivity contribution >= 4 is 33.6 Å². The van der Waals surface area contributed by atoms with Crippen molar-refractivity contribution in [3.05, 3.63) is 28.7 Å². The van der Waals surface area contributed by atoms with Crippen LogP contribution in [-0.4, -0.2) is 11.9 Å². The van der Waals surface area contributed by atoms with Gasteiger partial charge in [0, 0.05) is 17.1 Å². The van der Waals surface area contributed by atoms with E-state index < -0.39 is 6.03 Å². The van der Waals surface area contributed by atoms with Crippen LogP contribution in [0.15, 0.2) is 28.7 Å². The lowest BCUT2D eigenvalue weighted by Crippen LogP contribution is -2.42.